The van der Waals surface area contributed by atoms with E-state index in [2.05, 4.69) is 5.32 Å². The predicted octanol–water partition coefficient (Wildman–Crippen LogP) is 5.24. The molecule has 3 rings (SSSR count). The average Bonchev–Trinajstić information content (AvgIpc) is 3.33. The number of benzene rings is 2. The molecule has 1 fully saturated rings. The number of hydrogen-bond donors (Lipinski definition) is 1. The Hall–Kier alpha value is -2.29. The summed E-state index contributed by atoms with van der Waals surface area (Å²) in [4.78, 5) is 28.7. The molecule has 1 atom stereocenters. The normalized spacial score (nSPS) is 14.9. The van der Waals surface area contributed by atoms with E-state index in [1.807, 2.05) is 26.8 Å². The number of anilines is 1. The molecule has 0 spiro atoms. The van der Waals surface area contributed by atoms with Crippen molar-refractivity contribution < 1.29 is 18.0 Å². The van der Waals surface area contributed by atoms with Crippen LogP contribution in [-0.2, 0) is 26.2 Å². The second-order valence-corrected chi connectivity index (χ2v) is 12.4. The summed E-state index contributed by atoms with van der Waals surface area (Å²) >= 11 is 12.5. The van der Waals surface area contributed by atoms with E-state index in [1.54, 1.807) is 30.3 Å². The van der Waals surface area contributed by atoms with Crippen molar-refractivity contribution >= 4 is 50.7 Å². The molecule has 0 unspecified atom stereocenters. The quantitative estimate of drug-likeness (QED) is 0.425. The molecule has 1 saturated carbocycles. The minimum Gasteiger partial charge on any atom is -0.352 e. The van der Waals surface area contributed by atoms with Crippen LogP contribution in [0.5, 0.6) is 0 Å². The van der Waals surface area contributed by atoms with Crippen molar-refractivity contribution in [1.29, 1.82) is 0 Å². The SMILES string of the molecule is CC[C@@H](C(=O)NC1CCCC1)N(Cc1ccc(Cl)cc1Cl)C(=O)CN(c1cccc(C)c1C)S(C)(=O)=O. The van der Waals surface area contributed by atoms with E-state index in [0.29, 0.717) is 27.7 Å². The Morgan fingerprint density at radius 3 is 2.38 bits per heavy atom. The van der Waals surface area contributed by atoms with Crippen molar-refractivity contribution in [1.82, 2.24) is 10.2 Å². The van der Waals surface area contributed by atoms with E-state index in [9.17, 15) is 18.0 Å². The second-order valence-electron chi connectivity index (χ2n) is 9.66. The predicted molar refractivity (Wildman–Crippen MR) is 150 cm³/mol. The van der Waals surface area contributed by atoms with Gasteiger partial charge in [0, 0.05) is 22.6 Å². The van der Waals surface area contributed by atoms with Crippen LogP contribution in [0, 0.1) is 13.8 Å². The second kappa shape index (κ2) is 12.5. The van der Waals surface area contributed by atoms with Gasteiger partial charge < -0.3 is 10.2 Å². The number of nitrogens with one attached hydrogen (secondary N) is 1. The summed E-state index contributed by atoms with van der Waals surface area (Å²) in [6.45, 7) is 5.14. The molecule has 1 aliphatic rings. The van der Waals surface area contributed by atoms with Gasteiger partial charge in [0.25, 0.3) is 0 Å². The minimum atomic E-state index is -3.80. The number of nitrogens with zero attached hydrogens (tertiary/aromatic N) is 2. The van der Waals surface area contributed by atoms with Crippen molar-refractivity contribution in [2.45, 2.75) is 71.5 Å². The van der Waals surface area contributed by atoms with Gasteiger partial charge in [-0.05, 0) is 68.0 Å². The fourth-order valence-electron chi connectivity index (χ4n) is 4.72. The van der Waals surface area contributed by atoms with Crippen LogP contribution >= 0.6 is 23.2 Å². The highest BCUT2D eigenvalue weighted by Crippen LogP contribution is 2.27. The Kier molecular flexibility index (Phi) is 9.89. The van der Waals surface area contributed by atoms with Gasteiger partial charge in [-0.25, -0.2) is 8.42 Å². The maximum absolute atomic E-state index is 13.9. The molecule has 7 nitrogen and oxygen atoms in total. The lowest BCUT2D eigenvalue weighted by Gasteiger charge is -2.34. The van der Waals surface area contributed by atoms with Crippen LogP contribution in [0.3, 0.4) is 0 Å². The van der Waals surface area contributed by atoms with Crippen LogP contribution in [0.15, 0.2) is 36.4 Å². The molecule has 2 amide bonds. The van der Waals surface area contributed by atoms with Gasteiger partial charge in [0.15, 0.2) is 0 Å². The molecular formula is C27H35Cl2N3O4S. The molecule has 2 aromatic rings. The third-order valence-corrected chi connectivity index (χ3v) is 8.68. The fourth-order valence-corrected chi connectivity index (χ4v) is 6.09. The largest absolute Gasteiger partial charge is 0.352 e. The Balaban J connectivity index is 1.98. The molecule has 0 heterocycles. The summed E-state index contributed by atoms with van der Waals surface area (Å²) in [7, 11) is -3.80. The van der Waals surface area contributed by atoms with E-state index in [4.69, 9.17) is 23.2 Å². The first-order valence-electron chi connectivity index (χ1n) is 12.5. The molecule has 1 aliphatic carbocycles. The molecule has 10 heteroatoms. The first kappa shape index (κ1) is 29.3. The zero-order chi connectivity index (χ0) is 27.3. The third-order valence-electron chi connectivity index (χ3n) is 6.97. The Morgan fingerprint density at radius 2 is 1.78 bits per heavy atom. The molecule has 37 heavy (non-hydrogen) atoms. The number of carbonyl (C=O) groups is 2. The lowest BCUT2D eigenvalue weighted by Crippen LogP contribution is -2.53. The van der Waals surface area contributed by atoms with Gasteiger partial charge in [-0.15, -0.1) is 0 Å². The first-order chi connectivity index (χ1) is 17.4. The van der Waals surface area contributed by atoms with Gasteiger partial charge in [-0.3, -0.25) is 13.9 Å². The van der Waals surface area contributed by atoms with Gasteiger partial charge in [0.05, 0.1) is 11.9 Å². The standard InChI is InChI=1S/C27H35Cl2N3O4S/c1-5-24(27(34)30-22-10-6-7-11-22)31(16-20-13-14-21(28)15-23(20)29)26(33)17-32(37(4,35)36)25-12-8-9-18(2)19(25)3/h8-9,12-15,22,24H,5-7,10-11,16-17H2,1-4H3,(H,30,34)/t24-/m0/s1. The Labute approximate surface area is 230 Å². The summed E-state index contributed by atoms with van der Waals surface area (Å²) in [5, 5.41) is 3.91. The molecule has 1 N–H and O–H groups in total. The highest BCUT2D eigenvalue weighted by molar-refractivity contribution is 7.92. The van der Waals surface area contributed by atoms with Crippen molar-refractivity contribution in [3.8, 4) is 0 Å². The molecule has 0 radical (unpaired) electrons. The number of amides is 2. The zero-order valence-electron chi connectivity index (χ0n) is 21.8. The minimum absolute atomic E-state index is 0.0375. The summed E-state index contributed by atoms with van der Waals surface area (Å²) < 4.78 is 26.8. The number of aryl methyl sites for hydroxylation is 1. The number of sulfonamides is 1. The lowest BCUT2D eigenvalue weighted by molar-refractivity contribution is -0.140. The number of halogens is 2. The third kappa shape index (κ3) is 7.39. The van der Waals surface area contributed by atoms with Crippen LogP contribution in [0.4, 0.5) is 5.69 Å². The molecular weight excluding hydrogens is 533 g/mol. The van der Waals surface area contributed by atoms with Gasteiger partial charge in [0.2, 0.25) is 21.8 Å². The van der Waals surface area contributed by atoms with Gasteiger partial charge in [-0.1, -0.05) is 61.2 Å². The number of rotatable bonds is 10. The van der Waals surface area contributed by atoms with Gasteiger partial charge in [0.1, 0.15) is 12.6 Å². The fraction of sp³-hybridized carbons (Fsp3) is 0.481. The summed E-state index contributed by atoms with van der Waals surface area (Å²) in [6, 6.07) is 9.59. The van der Waals surface area contributed by atoms with E-state index in [0.717, 1.165) is 47.4 Å². The van der Waals surface area contributed by atoms with Crippen LogP contribution in [0.1, 0.15) is 55.7 Å². The zero-order valence-corrected chi connectivity index (χ0v) is 24.1. The van der Waals surface area contributed by atoms with Crippen LogP contribution in [-0.4, -0.2) is 50.0 Å². The number of carbonyl (C=O) groups excluding carboxylic acids is 2. The maximum atomic E-state index is 13.9. The molecule has 0 aliphatic heterocycles. The van der Waals surface area contributed by atoms with E-state index in [-0.39, 0.29) is 18.5 Å². The molecule has 0 saturated heterocycles. The lowest BCUT2D eigenvalue weighted by atomic mass is 10.1. The summed E-state index contributed by atoms with van der Waals surface area (Å²) in [5.41, 5.74) is 2.72. The van der Waals surface area contributed by atoms with Crippen molar-refractivity contribution in [2.75, 3.05) is 17.1 Å². The first-order valence-corrected chi connectivity index (χ1v) is 15.1. The van der Waals surface area contributed by atoms with E-state index < -0.39 is 28.5 Å². The van der Waals surface area contributed by atoms with Crippen molar-refractivity contribution in [3.63, 3.8) is 0 Å². The maximum Gasteiger partial charge on any atom is 0.244 e. The van der Waals surface area contributed by atoms with E-state index >= 15 is 0 Å². The van der Waals surface area contributed by atoms with Gasteiger partial charge >= 0.3 is 0 Å². The van der Waals surface area contributed by atoms with E-state index in [1.165, 1.54) is 4.90 Å². The van der Waals surface area contributed by atoms with Crippen LogP contribution < -0.4 is 9.62 Å². The Morgan fingerprint density at radius 1 is 1.11 bits per heavy atom. The summed E-state index contributed by atoms with van der Waals surface area (Å²) in [5.74, 6) is -0.740. The molecule has 202 valence electrons. The monoisotopic (exact) mass is 567 g/mol. The van der Waals surface area contributed by atoms with Crippen molar-refractivity contribution in [3.05, 3.63) is 63.1 Å². The smallest absolute Gasteiger partial charge is 0.244 e. The van der Waals surface area contributed by atoms with Crippen LogP contribution in [0.2, 0.25) is 10.0 Å². The highest BCUT2D eigenvalue weighted by atomic mass is 35.5. The highest BCUT2D eigenvalue weighted by Gasteiger charge is 2.33. The topological polar surface area (TPSA) is 86.8 Å². The van der Waals surface area contributed by atoms with Gasteiger partial charge in [-0.2, -0.15) is 0 Å². The Bertz CT molecular complexity index is 1250. The molecule has 0 bridgehead atoms. The van der Waals surface area contributed by atoms with Crippen LogP contribution in [0.25, 0.3) is 0 Å². The molecule has 0 aromatic heterocycles. The number of hydrogen-bond acceptors (Lipinski definition) is 4. The summed E-state index contributed by atoms with van der Waals surface area (Å²) in [6.07, 6.45) is 5.37. The average molecular weight is 569 g/mol. The van der Waals surface area contributed by atoms with Crippen molar-refractivity contribution in [2.24, 2.45) is 0 Å². The molecule has 2 aromatic carbocycles.